The minimum atomic E-state index is -0.160. The topological polar surface area (TPSA) is 47.9 Å². The molecule has 2 aromatic carbocycles. The fourth-order valence-electron chi connectivity index (χ4n) is 2.63. The predicted octanol–water partition coefficient (Wildman–Crippen LogP) is 3.95. The third-order valence-electron chi connectivity index (χ3n) is 3.62. The van der Waals surface area contributed by atoms with E-state index < -0.39 is 0 Å². The highest BCUT2D eigenvalue weighted by Gasteiger charge is 2.31. The number of benzene rings is 2. The van der Waals surface area contributed by atoms with E-state index in [1.54, 1.807) is 24.3 Å². The minimum absolute atomic E-state index is 0.160. The number of isocyanates is 1. The first-order valence-corrected chi connectivity index (χ1v) is 7.18. The molecule has 2 aromatic rings. The molecule has 0 saturated heterocycles. The van der Waals surface area contributed by atoms with Gasteiger partial charge in [0.05, 0.1) is 5.69 Å². The molecule has 0 fully saturated rings. The molecule has 0 bridgehead atoms. The SMILES string of the molecule is CC1(C)Cc2c(COc3ccc(N=C=O)cc3)cccc2O1. The second-order valence-electron chi connectivity index (χ2n) is 5.92. The highest BCUT2D eigenvalue weighted by Crippen LogP contribution is 2.37. The smallest absolute Gasteiger partial charge is 0.240 e. The first kappa shape index (κ1) is 14.4. The first-order chi connectivity index (χ1) is 10.6. The van der Waals surface area contributed by atoms with Crippen LogP contribution in [0.15, 0.2) is 47.5 Å². The van der Waals surface area contributed by atoms with Crippen LogP contribution in [0.3, 0.4) is 0 Å². The average Bonchev–Trinajstić information content (AvgIpc) is 2.81. The van der Waals surface area contributed by atoms with Crippen molar-refractivity contribution in [2.45, 2.75) is 32.5 Å². The second kappa shape index (κ2) is 5.66. The highest BCUT2D eigenvalue weighted by atomic mass is 16.5. The molecule has 1 aliphatic rings. The van der Waals surface area contributed by atoms with Crippen LogP contribution in [-0.4, -0.2) is 11.7 Å². The average molecular weight is 295 g/mol. The van der Waals surface area contributed by atoms with E-state index in [0.717, 1.165) is 23.5 Å². The lowest BCUT2D eigenvalue weighted by molar-refractivity contribution is 0.138. The van der Waals surface area contributed by atoms with E-state index in [1.165, 1.54) is 11.6 Å². The quantitative estimate of drug-likeness (QED) is 0.634. The van der Waals surface area contributed by atoms with E-state index in [2.05, 4.69) is 24.9 Å². The van der Waals surface area contributed by atoms with Crippen LogP contribution in [0.4, 0.5) is 5.69 Å². The van der Waals surface area contributed by atoms with Gasteiger partial charge in [0.1, 0.15) is 23.7 Å². The van der Waals surface area contributed by atoms with E-state index in [1.807, 2.05) is 12.1 Å². The van der Waals surface area contributed by atoms with Gasteiger partial charge >= 0.3 is 0 Å². The van der Waals surface area contributed by atoms with E-state index in [9.17, 15) is 4.79 Å². The Kier molecular flexibility index (Phi) is 3.70. The molecular weight excluding hydrogens is 278 g/mol. The van der Waals surface area contributed by atoms with Gasteiger partial charge in [0, 0.05) is 12.0 Å². The molecule has 0 saturated carbocycles. The number of ether oxygens (including phenoxy) is 2. The number of hydrogen-bond acceptors (Lipinski definition) is 4. The van der Waals surface area contributed by atoms with Crippen LogP contribution < -0.4 is 9.47 Å². The Labute approximate surface area is 129 Å². The zero-order valence-electron chi connectivity index (χ0n) is 12.6. The van der Waals surface area contributed by atoms with E-state index >= 15 is 0 Å². The van der Waals surface area contributed by atoms with Gasteiger partial charge in [-0.15, -0.1) is 0 Å². The molecular formula is C18H17NO3. The molecule has 0 amide bonds. The fourth-order valence-corrected chi connectivity index (χ4v) is 2.63. The fraction of sp³-hybridized carbons (Fsp3) is 0.278. The second-order valence-corrected chi connectivity index (χ2v) is 5.92. The molecule has 4 nitrogen and oxygen atoms in total. The van der Waals surface area contributed by atoms with E-state index in [0.29, 0.717) is 12.3 Å². The Morgan fingerprint density at radius 1 is 1.23 bits per heavy atom. The van der Waals surface area contributed by atoms with Crippen LogP contribution >= 0.6 is 0 Å². The normalized spacial score (nSPS) is 14.6. The molecule has 22 heavy (non-hydrogen) atoms. The summed E-state index contributed by atoms with van der Waals surface area (Å²) in [5.41, 5.74) is 2.76. The summed E-state index contributed by atoms with van der Waals surface area (Å²) in [6, 6.07) is 13.1. The summed E-state index contributed by atoms with van der Waals surface area (Å²) in [7, 11) is 0. The molecule has 0 aliphatic carbocycles. The number of carbonyl (C=O) groups excluding carboxylic acids is 1. The van der Waals surface area contributed by atoms with Crippen LogP contribution in [-0.2, 0) is 17.8 Å². The maximum Gasteiger partial charge on any atom is 0.240 e. The molecule has 4 heteroatoms. The Balaban J connectivity index is 1.73. The number of nitrogens with zero attached hydrogens (tertiary/aromatic N) is 1. The molecule has 0 spiro atoms. The van der Waals surface area contributed by atoms with E-state index in [-0.39, 0.29) is 5.60 Å². The summed E-state index contributed by atoms with van der Waals surface area (Å²) < 4.78 is 11.7. The molecule has 0 aromatic heterocycles. The third kappa shape index (κ3) is 3.02. The highest BCUT2D eigenvalue weighted by molar-refractivity contribution is 5.50. The summed E-state index contributed by atoms with van der Waals surface area (Å²) in [5, 5.41) is 0. The van der Waals surface area contributed by atoms with Gasteiger partial charge in [-0.3, -0.25) is 0 Å². The van der Waals surface area contributed by atoms with Crippen LogP contribution in [0.1, 0.15) is 25.0 Å². The first-order valence-electron chi connectivity index (χ1n) is 7.18. The van der Waals surface area contributed by atoms with Gasteiger partial charge in [-0.1, -0.05) is 12.1 Å². The van der Waals surface area contributed by atoms with Crippen LogP contribution in [0.5, 0.6) is 11.5 Å². The van der Waals surface area contributed by atoms with Gasteiger partial charge in [0.15, 0.2) is 0 Å². The Morgan fingerprint density at radius 2 is 2.00 bits per heavy atom. The molecule has 112 valence electrons. The molecule has 0 atom stereocenters. The number of rotatable bonds is 4. The molecule has 0 N–H and O–H groups in total. The zero-order chi connectivity index (χ0) is 15.6. The van der Waals surface area contributed by atoms with Crippen LogP contribution in [0.2, 0.25) is 0 Å². The summed E-state index contributed by atoms with van der Waals surface area (Å²) >= 11 is 0. The van der Waals surface area contributed by atoms with E-state index in [4.69, 9.17) is 9.47 Å². The van der Waals surface area contributed by atoms with Gasteiger partial charge in [-0.2, -0.15) is 4.99 Å². The standard InChI is InChI=1S/C18H17NO3/c1-18(2)10-16-13(4-3-5-17(16)22-18)11-21-15-8-6-14(7-9-15)19-12-20/h3-9H,10-11H2,1-2H3. The minimum Gasteiger partial charge on any atom is -0.489 e. The van der Waals surface area contributed by atoms with Crippen LogP contribution in [0.25, 0.3) is 0 Å². The predicted molar refractivity (Wildman–Crippen MR) is 83.4 cm³/mol. The molecule has 0 radical (unpaired) electrons. The van der Waals surface area contributed by atoms with Crippen molar-refractivity contribution in [3.63, 3.8) is 0 Å². The summed E-state index contributed by atoms with van der Waals surface area (Å²) in [6.45, 7) is 4.66. The monoisotopic (exact) mass is 295 g/mol. The van der Waals surface area contributed by atoms with Crippen LogP contribution in [0, 0.1) is 0 Å². The largest absolute Gasteiger partial charge is 0.489 e. The number of fused-ring (bicyclic) bond motifs is 1. The van der Waals surface area contributed by atoms with Gasteiger partial charge in [-0.05, 0) is 49.7 Å². The van der Waals surface area contributed by atoms with Crippen molar-refractivity contribution in [1.82, 2.24) is 0 Å². The summed E-state index contributed by atoms with van der Waals surface area (Å²) in [6.07, 6.45) is 2.40. The third-order valence-corrected chi connectivity index (χ3v) is 3.62. The lowest BCUT2D eigenvalue weighted by Crippen LogP contribution is -2.24. The van der Waals surface area contributed by atoms with Gasteiger partial charge in [-0.25, -0.2) is 4.79 Å². The van der Waals surface area contributed by atoms with Crippen molar-refractivity contribution in [1.29, 1.82) is 0 Å². The van der Waals surface area contributed by atoms with Crippen molar-refractivity contribution in [2.75, 3.05) is 0 Å². The zero-order valence-corrected chi connectivity index (χ0v) is 12.6. The lowest BCUT2D eigenvalue weighted by Gasteiger charge is -2.16. The number of hydrogen-bond donors (Lipinski definition) is 0. The Morgan fingerprint density at radius 3 is 2.73 bits per heavy atom. The number of aliphatic imine (C=N–C) groups is 1. The Bertz CT molecular complexity index is 728. The van der Waals surface area contributed by atoms with Crippen molar-refractivity contribution < 1.29 is 14.3 Å². The van der Waals surface area contributed by atoms with Gasteiger partial charge in [0.25, 0.3) is 0 Å². The van der Waals surface area contributed by atoms with Crippen molar-refractivity contribution in [2.24, 2.45) is 4.99 Å². The lowest BCUT2D eigenvalue weighted by atomic mass is 9.98. The molecule has 0 unspecified atom stereocenters. The summed E-state index contributed by atoms with van der Waals surface area (Å²) in [5.74, 6) is 1.68. The maximum atomic E-state index is 10.2. The maximum absolute atomic E-state index is 10.2. The summed E-state index contributed by atoms with van der Waals surface area (Å²) in [4.78, 5) is 13.7. The molecule has 3 rings (SSSR count). The molecule has 1 heterocycles. The Hall–Kier alpha value is -2.58. The van der Waals surface area contributed by atoms with Crippen molar-refractivity contribution >= 4 is 11.8 Å². The van der Waals surface area contributed by atoms with Crippen molar-refractivity contribution in [3.05, 3.63) is 53.6 Å². The molecule has 1 aliphatic heterocycles. The van der Waals surface area contributed by atoms with Gasteiger partial charge in [0.2, 0.25) is 6.08 Å². The van der Waals surface area contributed by atoms with Crippen molar-refractivity contribution in [3.8, 4) is 11.5 Å². The van der Waals surface area contributed by atoms with Gasteiger partial charge < -0.3 is 9.47 Å².